The third-order valence-corrected chi connectivity index (χ3v) is 2.15. The molecule has 0 fully saturated rings. The molecule has 1 N–H and O–H groups in total. The number of esters is 1. The lowest BCUT2D eigenvalue weighted by Gasteiger charge is -2.05. The molecule has 1 aromatic rings. The van der Waals surface area contributed by atoms with Crippen molar-refractivity contribution in [3.8, 4) is 0 Å². The molecule has 0 atom stereocenters. The summed E-state index contributed by atoms with van der Waals surface area (Å²) in [4.78, 5) is 25.6. The van der Waals surface area contributed by atoms with E-state index in [9.17, 15) is 9.59 Å². The van der Waals surface area contributed by atoms with Gasteiger partial charge < -0.3 is 9.84 Å². The number of rotatable bonds is 5. The van der Waals surface area contributed by atoms with E-state index in [-0.39, 0.29) is 6.42 Å². The topological polar surface area (TPSA) is 76.5 Å². The zero-order valence-corrected chi connectivity index (χ0v) is 8.97. The van der Waals surface area contributed by atoms with Crippen LogP contribution in [0.25, 0.3) is 0 Å². The highest BCUT2D eigenvalue weighted by atomic mass is 16.5. The molecule has 0 unspecified atom stereocenters. The van der Waals surface area contributed by atoms with Crippen molar-refractivity contribution in [2.24, 2.45) is 0 Å². The minimum Gasteiger partial charge on any atom is -0.481 e. The number of hydrogen-bond acceptors (Lipinski definition) is 4. The van der Waals surface area contributed by atoms with E-state index in [4.69, 9.17) is 5.11 Å². The third-order valence-electron chi connectivity index (χ3n) is 2.15. The van der Waals surface area contributed by atoms with Gasteiger partial charge in [0.05, 0.1) is 12.7 Å². The van der Waals surface area contributed by atoms with Gasteiger partial charge in [-0.1, -0.05) is 0 Å². The van der Waals surface area contributed by atoms with Crippen LogP contribution < -0.4 is 0 Å². The Morgan fingerprint density at radius 2 is 2.25 bits per heavy atom. The molecule has 5 heteroatoms. The number of methoxy groups -OCH3 is 1. The molecule has 0 saturated heterocycles. The van der Waals surface area contributed by atoms with E-state index in [0.717, 1.165) is 5.56 Å². The summed E-state index contributed by atoms with van der Waals surface area (Å²) in [6.45, 7) is 0. The van der Waals surface area contributed by atoms with Crippen LogP contribution in [0, 0.1) is 0 Å². The van der Waals surface area contributed by atoms with Crippen molar-refractivity contribution in [1.82, 2.24) is 4.98 Å². The average Bonchev–Trinajstić information content (AvgIpc) is 2.28. The fraction of sp³-hybridized carbons (Fsp3) is 0.364. The maximum atomic E-state index is 11.4. The predicted molar refractivity (Wildman–Crippen MR) is 56.2 cm³/mol. The van der Waals surface area contributed by atoms with Gasteiger partial charge in [-0.15, -0.1) is 0 Å². The highest BCUT2D eigenvalue weighted by molar-refractivity contribution is 5.90. The van der Waals surface area contributed by atoms with E-state index in [1.54, 1.807) is 12.3 Å². The lowest BCUT2D eigenvalue weighted by molar-refractivity contribution is -0.137. The van der Waals surface area contributed by atoms with Crippen LogP contribution >= 0.6 is 0 Å². The van der Waals surface area contributed by atoms with Crippen LogP contribution in [0.4, 0.5) is 0 Å². The van der Waals surface area contributed by atoms with Crippen molar-refractivity contribution in [1.29, 1.82) is 0 Å². The van der Waals surface area contributed by atoms with E-state index < -0.39 is 11.9 Å². The minimum absolute atomic E-state index is 0.0862. The van der Waals surface area contributed by atoms with Gasteiger partial charge in [-0.3, -0.25) is 9.78 Å². The standard InChI is InChI=1S/C11H13NO4/c1-16-11(15)9-7-12-6-5-8(9)3-2-4-10(13)14/h5-7H,2-4H2,1H3,(H,13,14). The number of carbonyl (C=O) groups excluding carboxylic acids is 1. The number of carboxylic acids is 1. The summed E-state index contributed by atoms with van der Waals surface area (Å²) in [5, 5.41) is 8.51. The number of nitrogens with zero attached hydrogens (tertiary/aromatic N) is 1. The van der Waals surface area contributed by atoms with Crippen LogP contribution in [-0.2, 0) is 16.0 Å². The van der Waals surface area contributed by atoms with Crippen molar-refractivity contribution in [3.63, 3.8) is 0 Å². The van der Waals surface area contributed by atoms with E-state index in [0.29, 0.717) is 18.4 Å². The first-order valence-corrected chi connectivity index (χ1v) is 4.88. The Morgan fingerprint density at radius 1 is 1.50 bits per heavy atom. The Hall–Kier alpha value is -1.91. The summed E-state index contributed by atoms with van der Waals surface area (Å²) < 4.78 is 4.61. The quantitative estimate of drug-likeness (QED) is 0.761. The van der Waals surface area contributed by atoms with E-state index in [1.807, 2.05) is 0 Å². The summed E-state index contributed by atoms with van der Waals surface area (Å²) in [6.07, 6.45) is 4.11. The van der Waals surface area contributed by atoms with Gasteiger partial charge >= 0.3 is 11.9 Å². The van der Waals surface area contributed by atoms with Gasteiger partial charge in [0.1, 0.15) is 0 Å². The SMILES string of the molecule is COC(=O)c1cnccc1CCCC(=O)O. The maximum Gasteiger partial charge on any atom is 0.339 e. The molecule has 0 aliphatic rings. The molecule has 0 aliphatic heterocycles. The van der Waals surface area contributed by atoms with Crippen molar-refractivity contribution in [2.75, 3.05) is 7.11 Å². The Balaban J connectivity index is 2.71. The molecule has 0 saturated carbocycles. The molecule has 1 aromatic heterocycles. The van der Waals surface area contributed by atoms with Crippen molar-refractivity contribution in [2.45, 2.75) is 19.3 Å². The number of carboxylic acid groups (broad SMARTS) is 1. The van der Waals surface area contributed by atoms with Gasteiger partial charge in [0.2, 0.25) is 0 Å². The number of ether oxygens (including phenoxy) is 1. The Morgan fingerprint density at radius 3 is 2.88 bits per heavy atom. The zero-order chi connectivity index (χ0) is 12.0. The van der Waals surface area contributed by atoms with Crippen LogP contribution in [0.3, 0.4) is 0 Å². The number of pyridine rings is 1. The Bertz CT molecular complexity index is 389. The van der Waals surface area contributed by atoms with Crippen molar-refractivity contribution >= 4 is 11.9 Å². The summed E-state index contributed by atoms with van der Waals surface area (Å²) in [7, 11) is 1.30. The van der Waals surface area contributed by atoms with Crippen LogP contribution in [-0.4, -0.2) is 29.1 Å². The molecular formula is C11H13NO4. The monoisotopic (exact) mass is 223 g/mol. The van der Waals surface area contributed by atoms with Crippen LogP contribution in [0.2, 0.25) is 0 Å². The summed E-state index contributed by atoms with van der Waals surface area (Å²) in [5.41, 5.74) is 1.17. The number of aryl methyl sites for hydroxylation is 1. The minimum atomic E-state index is -0.839. The molecular weight excluding hydrogens is 210 g/mol. The summed E-state index contributed by atoms with van der Waals surface area (Å²) in [5.74, 6) is -1.29. The summed E-state index contributed by atoms with van der Waals surface area (Å²) >= 11 is 0. The van der Waals surface area contributed by atoms with Gasteiger partial charge in [-0.2, -0.15) is 0 Å². The number of aliphatic carboxylic acids is 1. The van der Waals surface area contributed by atoms with Gasteiger partial charge in [0, 0.05) is 18.8 Å². The lowest BCUT2D eigenvalue weighted by Crippen LogP contribution is -2.07. The smallest absolute Gasteiger partial charge is 0.339 e. The van der Waals surface area contributed by atoms with E-state index in [2.05, 4.69) is 9.72 Å². The predicted octanol–water partition coefficient (Wildman–Crippen LogP) is 1.28. The number of aromatic nitrogens is 1. The summed E-state index contributed by atoms with van der Waals surface area (Å²) in [6, 6.07) is 1.70. The lowest BCUT2D eigenvalue weighted by atomic mass is 10.0. The van der Waals surface area contributed by atoms with Gasteiger partial charge in [-0.25, -0.2) is 4.79 Å². The fourth-order valence-corrected chi connectivity index (χ4v) is 1.37. The normalized spacial score (nSPS) is 9.81. The number of carbonyl (C=O) groups is 2. The van der Waals surface area contributed by atoms with Gasteiger partial charge in [-0.05, 0) is 24.5 Å². The number of hydrogen-bond donors (Lipinski definition) is 1. The molecule has 16 heavy (non-hydrogen) atoms. The molecule has 0 aromatic carbocycles. The van der Waals surface area contributed by atoms with Gasteiger partial charge in [0.15, 0.2) is 0 Å². The first-order chi connectivity index (χ1) is 7.65. The fourth-order valence-electron chi connectivity index (χ4n) is 1.37. The zero-order valence-electron chi connectivity index (χ0n) is 8.97. The molecule has 5 nitrogen and oxygen atoms in total. The Kier molecular flexibility index (Phi) is 4.44. The average molecular weight is 223 g/mol. The molecule has 1 heterocycles. The van der Waals surface area contributed by atoms with Crippen LogP contribution in [0.15, 0.2) is 18.5 Å². The van der Waals surface area contributed by atoms with E-state index >= 15 is 0 Å². The molecule has 0 aliphatic carbocycles. The van der Waals surface area contributed by atoms with Crippen LogP contribution in [0.5, 0.6) is 0 Å². The maximum absolute atomic E-state index is 11.4. The first-order valence-electron chi connectivity index (χ1n) is 4.88. The van der Waals surface area contributed by atoms with Crippen LogP contribution in [0.1, 0.15) is 28.8 Å². The molecule has 0 spiro atoms. The van der Waals surface area contributed by atoms with Gasteiger partial charge in [0.25, 0.3) is 0 Å². The van der Waals surface area contributed by atoms with E-state index in [1.165, 1.54) is 13.3 Å². The second-order valence-corrected chi connectivity index (χ2v) is 3.27. The molecule has 0 bridgehead atoms. The second kappa shape index (κ2) is 5.85. The highest BCUT2D eigenvalue weighted by Crippen LogP contribution is 2.11. The molecule has 0 amide bonds. The van der Waals surface area contributed by atoms with Crippen molar-refractivity contribution < 1.29 is 19.4 Å². The first kappa shape index (κ1) is 12.2. The largest absolute Gasteiger partial charge is 0.481 e. The Labute approximate surface area is 93.1 Å². The van der Waals surface area contributed by atoms with Crippen molar-refractivity contribution in [3.05, 3.63) is 29.6 Å². The molecule has 0 radical (unpaired) electrons. The third kappa shape index (κ3) is 3.34. The highest BCUT2D eigenvalue weighted by Gasteiger charge is 2.11. The molecule has 86 valence electrons. The molecule has 1 rings (SSSR count). The second-order valence-electron chi connectivity index (χ2n) is 3.27.